The molecule has 0 aliphatic carbocycles. The molecule has 0 radical (unpaired) electrons. The molecule has 2 aromatic carbocycles. The molecule has 3 heterocycles. The highest BCUT2D eigenvalue weighted by Gasteiger charge is 2.44. The number of carbonyl (C=O) groups excluding carboxylic acids is 2. The minimum atomic E-state index is -0.306. The lowest BCUT2D eigenvalue weighted by atomic mass is 10.1. The molecule has 2 unspecified atom stereocenters. The second-order valence-corrected chi connectivity index (χ2v) is 7.90. The third-order valence-electron chi connectivity index (χ3n) is 6.01. The normalized spacial score (nSPS) is 21.3. The molecule has 30 heavy (non-hydrogen) atoms. The number of halogens is 1. The van der Waals surface area contributed by atoms with Crippen molar-refractivity contribution in [2.75, 3.05) is 19.7 Å². The van der Waals surface area contributed by atoms with Crippen LogP contribution in [-0.4, -0.2) is 58.4 Å². The van der Waals surface area contributed by atoms with Crippen molar-refractivity contribution in [3.63, 3.8) is 0 Å². The van der Waals surface area contributed by atoms with Gasteiger partial charge in [-0.05, 0) is 29.3 Å². The predicted molar refractivity (Wildman–Crippen MR) is 109 cm³/mol. The van der Waals surface area contributed by atoms with E-state index in [1.807, 2.05) is 30.5 Å². The van der Waals surface area contributed by atoms with Crippen molar-refractivity contribution >= 4 is 22.7 Å². The molecular formula is C23H22FN3O3. The molecule has 5 rings (SSSR count). The summed E-state index contributed by atoms with van der Waals surface area (Å²) in [6.45, 7) is 1.30. The average Bonchev–Trinajstić information content (AvgIpc) is 3.36. The summed E-state index contributed by atoms with van der Waals surface area (Å²) in [5.74, 6) is -0.390. The summed E-state index contributed by atoms with van der Waals surface area (Å²) in [6, 6.07) is 13.9. The first-order valence-corrected chi connectivity index (χ1v) is 10.1. The molecule has 2 saturated heterocycles. The second kappa shape index (κ2) is 7.57. The van der Waals surface area contributed by atoms with E-state index in [1.165, 1.54) is 12.1 Å². The van der Waals surface area contributed by atoms with Gasteiger partial charge in [0.15, 0.2) is 0 Å². The van der Waals surface area contributed by atoms with E-state index >= 15 is 0 Å². The Kier molecular flexibility index (Phi) is 4.75. The topological polar surface area (TPSA) is 65.6 Å². The Hall–Kier alpha value is -3.19. The fraction of sp³-hybridized carbons (Fsp3) is 0.304. The number of para-hydroxylation sites is 1. The molecule has 6 nitrogen and oxygen atoms in total. The predicted octanol–water partition coefficient (Wildman–Crippen LogP) is 2.49. The summed E-state index contributed by atoms with van der Waals surface area (Å²) in [5.41, 5.74) is 2.83. The number of nitrogens with zero attached hydrogens (tertiary/aromatic N) is 2. The zero-order valence-corrected chi connectivity index (χ0v) is 16.4. The number of aromatic amines is 1. The van der Waals surface area contributed by atoms with E-state index in [9.17, 15) is 14.0 Å². The maximum Gasteiger partial charge on any atom is 0.249 e. The molecule has 2 fully saturated rings. The summed E-state index contributed by atoms with van der Waals surface area (Å²) in [7, 11) is 0. The molecule has 1 aromatic heterocycles. The van der Waals surface area contributed by atoms with Gasteiger partial charge in [0.1, 0.15) is 12.4 Å². The zero-order chi connectivity index (χ0) is 20.7. The Morgan fingerprint density at radius 1 is 1.13 bits per heavy atom. The second-order valence-electron chi connectivity index (χ2n) is 7.90. The summed E-state index contributed by atoms with van der Waals surface area (Å²) < 4.78 is 18.9. The summed E-state index contributed by atoms with van der Waals surface area (Å²) in [4.78, 5) is 32.3. The number of aromatic nitrogens is 1. The van der Waals surface area contributed by atoms with E-state index in [1.54, 1.807) is 21.9 Å². The highest BCUT2D eigenvalue weighted by atomic mass is 19.1. The molecule has 3 aromatic rings. The number of morpholine rings is 1. The smallest absolute Gasteiger partial charge is 0.249 e. The Morgan fingerprint density at radius 2 is 1.93 bits per heavy atom. The summed E-state index contributed by atoms with van der Waals surface area (Å²) in [6.07, 6.45) is 1.98. The number of hydrogen-bond donors (Lipinski definition) is 1. The van der Waals surface area contributed by atoms with Crippen molar-refractivity contribution in [1.82, 2.24) is 14.8 Å². The van der Waals surface area contributed by atoms with E-state index in [2.05, 4.69) is 4.98 Å². The first-order chi connectivity index (χ1) is 14.6. The van der Waals surface area contributed by atoms with E-state index in [4.69, 9.17) is 4.74 Å². The molecule has 2 aliphatic heterocycles. The van der Waals surface area contributed by atoms with Crippen LogP contribution in [-0.2, 0) is 27.3 Å². The van der Waals surface area contributed by atoms with Gasteiger partial charge in [-0.1, -0.05) is 30.3 Å². The van der Waals surface area contributed by atoms with Crippen LogP contribution in [0.2, 0.25) is 0 Å². The van der Waals surface area contributed by atoms with Gasteiger partial charge in [0, 0.05) is 36.7 Å². The Labute approximate surface area is 173 Å². The van der Waals surface area contributed by atoms with E-state index in [-0.39, 0.29) is 36.4 Å². The van der Waals surface area contributed by atoms with Crippen LogP contribution in [0.15, 0.2) is 54.7 Å². The number of hydrogen-bond acceptors (Lipinski definition) is 3. The molecule has 2 amide bonds. The highest BCUT2D eigenvalue weighted by Crippen LogP contribution is 2.27. The molecule has 154 valence electrons. The van der Waals surface area contributed by atoms with Crippen LogP contribution < -0.4 is 0 Å². The van der Waals surface area contributed by atoms with Gasteiger partial charge in [0.2, 0.25) is 11.8 Å². The van der Waals surface area contributed by atoms with Gasteiger partial charge in [0.25, 0.3) is 0 Å². The Morgan fingerprint density at radius 3 is 2.77 bits per heavy atom. The first kappa shape index (κ1) is 18.8. The van der Waals surface area contributed by atoms with Crippen molar-refractivity contribution in [3.05, 3.63) is 71.7 Å². The number of fused-ring (bicyclic) bond motifs is 2. The quantitative estimate of drug-likeness (QED) is 0.723. The third kappa shape index (κ3) is 3.45. The molecule has 1 N–H and O–H groups in total. The lowest BCUT2D eigenvalue weighted by Gasteiger charge is -2.36. The molecule has 0 bridgehead atoms. The largest absolute Gasteiger partial charge is 0.364 e. The molecule has 2 atom stereocenters. The fourth-order valence-electron chi connectivity index (χ4n) is 4.41. The number of nitrogens with one attached hydrogen (secondary N) is 1. The summed E-state index contributed by atoms with van der Waals surface area (Å²) in [5, 5.41) is 1.05. The van der Waals surface area contributed by atoms with Crippen molar-refractivity contribution < 1.29 is 18.7 Å². The van der Waals surface area contributed by atoms with Crippen molar-refractivity contribution in [2.24, 2.45) is 0 Å². The van der Waals surface area contributed by atoms with E-state index < -0.39 is 0 Å². The fourth-order valence-corrected chi connectivity index (χ4v) is 4.41. The van der Waals surface area contributed by atoms with E-state index in [0.29, 0.717) is 26.1 Å². The molecule has 2 aliphatic rings. The standard InChI is InChI=1S/C23H22FN3O3/c24-17-7-5-15(6-8-17)11-27-20-12-26(13-21(20)30-14-23(27)29)22(28)9-16-10-25-19-4-2-1-3-18(16)19/h1-8,10,20-21,25H,9,11-14H2. The number of ether oxygens (including phenoxy) is 1. The molecule has 0 spiro atoms. The van der Waals surface area contributed by atoms with Gasteiger partial charge >= 0.3 is 0 Å². The minimum Gasteiger partial charge on any atom is -0.364 e. The number of likely N-dealkylation sites (tertiary alicyclic amines) is 1. The van der Waals surface area contributed by atoms with Gasteiger partial charge < -0.3 is 19.5 Å². The number of carbonyl (C=O) groups is 2. The van der Waals surface area contributed by atoms with Crippen LogP contribution in [0.25, 0.3) is 10.9 Å². The van der Waals surface area contributed by atoms with Crippen molar-refractivity contribution in [2.45, 2.75) is 25.1 Å². The number of rotatable bonds is 4. The van der Waals surface area contributed by atoms with Crippen LogP contribution in [0.5, 0.6) is 0 Å². The monoisotopic (exact) mass is 407 g/mol. The number of amides is 2. The van der Waals surface area contributed by atoms with Crippen molar-refractivity contribution in [3.8, 4) is 0 Å². The highest BCUT2D eigenvalue weighted by molar-refractivity contribution is 5.89. The number of benzene rings is 2. The van der Waals surface area contributed by atoms with E-state index in [0.717, 1.165) is 22.0 Å². The molecule has 7 heteroatoms. The van der Waals surface area contributed by atoms with Gasteiger partial charge in [-0.25, -0.2) is 4.39 Å². The SMILES string of the molecule is O=C(Cc1c[nH]c2ccccc12)N1CC2OCC(=O)N(Cc3ccc(F)cc3)C2C1. The van der Waals surface area contributed by atoms with Crippen LogP contribution in [0.1, 0.15) is 11.1 Å². The van der Waals surface area contributed by atoms with Crippen LogP contribution in [0.4, 0.5) is 4.39 Å². The minimum absolute atomic E-state index is 0.00679. The Bertz CT molecular complexity index is 1090. The maximum atomic E-state index is 13.2. The van der Waals surface area contributed by atoms with Gasteiger partial charge in [-0.15, -0.1) is 0 Å². The average molecular weight is 407 g/mol. The third-order valence-corrected chi connectivity index (χ3v) is 6.01. The Balaban J connectivity index is 1.30. The van der Waals surface area contributed by atoms with Crippen LogP contribution >= 0.6 is 0 Å². The lowest BCUT2D eigenvalue weighted by molar-refractivity contribution is -0.153. The maximum absolute atomic E-state index is 13.2. The van der Waals surface area contributed by atoms with Gasteiger partial charge in [0.05, 0.1) is 18.6 Å². The van der Waals surface area contributed by atoms with Crippen LogP contribution in [0, 0.1) is 5.82 Å². The summed E-state index contributed by atoms with van der Waals surface area (Å²) >= 11 is 0. The zero-order valence-electron chi connectivity index (χ0n) is 16.4. The van der Waals surface area contributed by atoms with Gasteiger partial charge in [-0.2, -0.15) is 0 Å². The molecular weight excluding hydrogens is 385 g/mol. The van der Waals surface area contributed by atoms with Crippen LogP contribution in [0.3, 0.4) is 0 Å². The molecule has 0 saturated carbocycles. The lowest BCUT2D eigenvalue weighted by Crippen LogP contribution is -2.53. The van der Waals surface area contributed by atoms with Gasteiger partial charge in [-0.3, -0.25) is 9.59 Å². The first-order valence-electron chi connectivity index (χ1n) is 10.1. The number of H-pyrrole nitrogens is 1. The van der Waals surface area contributed by atoms with Crippen molar-refractivity contribution in [1.29, 1.82) is 0 Å².